The van der Waals surface area contributed by atoms with Gasteiger partial charge >= 0.3 is 0 Å². The van der Waals surface area contributed by atoms with Gasteiger partial charge in [0.15, 0.2) is 0 Å². The molecule has 0 fully saturated rings. The van der Waals surface area contributed by atoms with Crippen LogP contribution in [-0.2, 0) is 38.0 Å². The summed E-state index contributed by atoms with van der Waals surface area (Å²) in [4.78, 5) is 11.3. The Hall–Kier alpha value is -2.51. The number of nitrogens with zero attached hydrogens (tertiary/aromatic N) is 6. The van der Waals surface area contributed by atoms with Gasteiger partial charge in [0.1, 0.15) is 5.82 Å². The van der Waals surface area contributed by atoms with Crippen LogP contribution in [0.5, 0.6) is 0 Å². The molecule has 0 unspecified atom stereocenters. The van der Waals surface area contributed by atoms with Gasteiger partial charge in [-0.05, 0) is 12.1 Å². The van der Waals surface area contributed by atoms with Gasteiger partial charge in [-0.15, -0.1) is 0 Å². The van der Waals surface area contributed by atoms with Gasteiger partial charge in [-0.2, -0.15) is 5.10 Å². The van der Waals surface area contributed by atoms with Crippen molar-refractivity contribution in [1.82, 2.24) is 29.2 Å². The molecule has 7 heteroatoms. The molecule has 0 bridgehead atoms. The Morgan fingerprint density at radius 2 is 2.15 bits per heavy atom. The topological polar surface area (TPSA) is 61.0 Å². The van der Waals surface area contributed by atoms with Crippen molar-refractivity contribution in [2.24, 2.45) is 13.0 Å². The Labute approximate surface area is 153 Å². The van der Waals surface area contributed by atoms with Gasteiger partial charge in [0, 0.05) is 63.0 Å². The first kappa shape index (κ1) is 16.9. The second kappa shape index (κ2) is 7.80. The lowest BCUT2D eigenvalue weighted by Gasteiger charge is -2.23. The lowest BCUT2D eigenvalue weighted by molar-refractivity contribution is 0.0649. The van der Waals surface area contributed by atoms with E-state index in [1.165, 1.54) is 5.56 Å². The summed E-state index contributed by atoms with van der Waals surface area (Å²) in [7, 11) is 1.95. The molecule has 136 valence electrons. The molecule has 0 amide bonds. The number of ether oxygens (including phenoxy) is 1. The molecule has 0 N–H and O–H groups in total. The fraction of sp³-hybridized carbons (Fsp3) is 0.421. The van der Waals surface area contributed by atoms with Gasteiger partial charge in [-0.25, -0.2) is 4.98 Å². The third kappa shape index (κ3) is 4.17. The lowest BCUT2D eigenvalue weighted by atomic mass is 10.1. The van der Waals surface area contributed by atoms with E-state index < -0.39 is 0 Å². The summed E-state index contributed by atoms with van der Waals surface area (Å²) in [6.07, 6.45) is 9.76. The first-order valence-electron chi connectivity index (χ1n) is 8.94. The smallest absolute Gasteiger partial charge is 0.122 e. The minimum Gasteiger partial charge on any atom is -0.375 e. The van der Waals surface area contributed by atoms with Crippen LogP contribution in [0.25, 0.3) is 0 Å². The van der Waals surface area contributed by atoms with Crippen molar-refractivity contribution in [3.8, 4) is 0 Å². The summed E-state index contributed by atoms with van der Waals surface area (Å²) in [6, 6.07) is 5.91. The summed E-state index contributed by atoms with van der Waals surface area (Å²) < 4.78 is 10.1. The molecule has 0 spiro atoms. The highest BCUT2D eigenvalue weighted by Crippen LogP contribution is 2.18. The molecule has 3 aromatic heterocycles. The zero-order valence-electron chi connectivity index (χ0n) is 15.0. The highest BCUT2D eigenvalue weighted by atomic mass is 16.5. The second-order valence-corrected chi connectivity index (χ2v) is 6.89. The molecule has 4 rings (SSSR count). The van der Waals surface area contributed by atoms with E-state index in [4.69, 9.17) is 4.74 Å². The average molecular weight is 352 g/mol. The van der Waals surface area contributed by atoms with Crippen molar-refractivity contribution in [3.05, 3.63) is 66.3 Å². The average Bonchev–Trinajstić information content (AvgIpc) is 3.21. The molecule has 7 nitrogen and oxygen atoms in total. The van der Waals surface area contributed by atoms with Crippen molar-refractivity contribution in [3.63, 3.8) is 0 Å². The molecule has 3 aromatic rings. The quantitative estimate of drug-likeness (QED) is 0.678. The van der Waals surface area contributed by atoms with E-state index in [1.807, 2.05) is 42.3 Å². The zero-order valence-corrected chi connectivity index (χ0v) is 15.0. The fourth-order valence-corrected chi connectivity index (χ4v) is 3.47. The number of fused-ring (bicyclic) bond motifs is 1. The van der Waals surface area contributed by atoms with E-state index in [9.17, 15) is 0 Å². The van der Waals surface area contributed by atoms with Crippen LogP contribution in [0.15, 0.2) is 49.2 Å². The first-order chi connectivity index (χ1) is 12.8. The lowest BCUT2D eigenvalue weighted by Crippen LogP contribution is -2.30. The molecule has 0 saturated carbocycles. The predicted octanol–water partition coefficient (Wildman–Crippen LogP) is 1.86. The molecule has 1 aliphatic heterocycles. The first-order valence-corrected chi connectivity index (χ1v) is 8.94. The normalized spacial score (nSPS) is 17.8. The van der Waals surface area contributed by atoms with Crippen LogP contribution in [0.4, 0.5) is 0 Å². The minimum absolute atomic E-state index is 0.408. The van der Waals surface area contributed by atoms with E-state index in [0.29, 0.717) is 19.1 Å². The van der Waals surface area contributed by atoms with Crippen LogP contribution in [-0.4, -0.2) is 42.4 Å². The Bertz CT molecular complexity index is 827. The third-order valence-corrected chi connectivity index (χ3v) is 4.63. The number of imidazole rings is 1. The zero-order chi connectivity index (χ0) is 17.8. The van der Waals surface area contributed by atoms with E-state index in [1.54, 1.807) is 6.20 Å². The largest absolute Gasteiger partial charge is 0.375 e. The van der Waals surface area contributed by atoms with E-state index in [2.05, 4.69) is 36.9 Å². The fourth-order valence-electron chi connectivity index (χ4n) is 3.47. The summed E-state index contributed by atoms with van der Waals surface area (Å²) in [6.45, 7) is 4.88. The number of pyridine rings is 1. The standard InChI is InChI=1S/C19H24N6O/c1-23-9-16(8-22-23)10-24-11-17(12-25-7-6-21-19(25)13-24)14-26-15-18-4-2-3-5-20-18/h2-9,17H,10-15H2,1H3/t17-/m1/s1. The maximum Gasteiger partial charge on any atom is 0.122 e. The van der Waals surface area contributed by atoms with Gasteiger partial charge < -0.3 is 9.30 Å². The Morgan fingerprint density at radius 1 is 1.19 bits per heavy atom. The number of hydrogen-bond donors (Lipinski definition) is 0. The SMILES string of the molecule is Cn1cc(CN2Cc3nccn3C[C@H](COCc3ccccn3)C2)cn1. The van der Waals surface area contributed by atoms with Crippen LogP contribution in [0.3, 0.4) is 0 Å². The van der Waals surface area contributed by atoms with Gasteiger partial charge in [-0.1, -0.05) is 6.07 Å². The van der Waals surface area contributed by atoms with Crippen molar-refractivity contribution >= 4 is 0 Å². The predicted molar refractivity (Wildman–Crippen MR) is 96.9 cm³/mol. The van der Waals surface area contributed by atoms with Crippen LogP contribution >= 0.6 is 0 Å². The molecular formula is C19H24N6O. The van der Waals surface area contributed by atoms with E-state index >= 15 is 0 Å². The van der Waals surface area contributed by atoms with Crippen molar-refractivity contribution < 1.29 is 4.74 Å². The minimum atomic E-state index is 0.408. The Morgan fingerprint density at radius 3 is 2.96 bits per heavy atom. The number of hydrogen-bond acceptors (Lipinski definition) is 5. The van der Waals surface area contributed by atoms with Crippen molar-refractivity contribution in [2.45, 2.75) is 26.2 Å². The van der Waals surface area contributed by atoms with Crippen molar-refractivity contribution in [1.29, 1.82) is 0 Å². The van der Waals surface area contributed by atoms with Gasteiger partial charge in [0.2, 0.25) is 0 Å². The molecule has 0 aromatic carbocycles. The molecule has 0 saturated heterocycles. The summed E-state index contributed by atoms with van der Waals surface area (Å²) >= 11 is 0. The van der Waals surface area contributed by atoms with Gasteiger partial charge in [-0.3, -0.25) is 14.6 Å². The monoisotopic (exact) mass is 352 g/mol. The van der Waals surface area contributed by atoms with Crippen LogP contribution in [0.1, 0.15) is 17.1 Å². The number of aryl methyl sites for hydroxylation is 1. The molecular weight excluding hydrogens is 328 g/mol. The molecule has 1 atom stereocenters. The molecule has 1 aliphatic rings. The Kier molecular flexibility index (Phi) is 5.08. The Balaban J connectivity index is 1.40. The van der Waals surface area contributed by atoms with Crippen LogP contribution in [0, 0.1) is 5.92 Å². The maximum absolute atomic E-state index is 5.97. The molecule has 0 radical (unpaired) electrons. The number of rotatable bonds is 6. The van der Waals surface area contributed by atoms with E-state index in [-0.39, 0.29) is 0 Å². The van der Waals surface area contributed by atoms with Crippen molar-refractivity contribution in [2.75, 3.05) is 13.2 Å². The summed E-state index contributed by atoms with van der Waals surface area (Å²) in [5.74, 6) is 1.52. The molecule has 4 heterocycles. The van der Waals surface area contributed by atoms with E-state index in [0.717, 1.165) is 37.7 Å². The van der Waals surface area contributed by atoms with Gasteiger partial charge in [0.05, 0.1) is 31.6 Å². The van der Waals surface area contributed by atoms with Crippen LogP contribution < -0.4 is 0 Å². The third-order valence-electron chi connectivity index (χ3n) is 4.63. The van der Waals surface area contributed by atoms with Crippen LogP contribution in [0.2, 0.25) is 0 Å². The molecule has 26 heavy (non-hydrogen) atoms. The summed E-state index contributed by atoms with van der Waals surface area (Å²) in [5.41, 5.74) is 2.19. The highest BCUT2D eigenvalue weighted by Gasteiger charge is 2.23. The highest BCUT2D eigenvalue weighted by molar-refractivity contribution is 5.05. The maximum atomic E-state index is 5.97. The number of aromatic nitrogens is 5. The molecule has 0 aliphatic carbocycles. The van der Waals surface area contributed by atoms with Gasteiger partial charge in [0.25, 0.3) is 0 Å². The summed E-state index contributed by atoms with van der Waals surface area (Å²) in [5, 5.41) is 4.28. The second-order valence-electron chi connectivity index (χ2n) is 6.89.